The summed E-state index contributed by atoms with van der Waals surface area (Å²) in [6, 6.07) is 13.4. The van der Waals surface area contributed by atoms with Crippen LogP contribution in [0.4, 0.5) is 5.69 Å². The SMILES string of the molecule is CCc1ccccc1NC(=O)CSc1nnc(-c2ccc(OC)c(OC)c2)n1C. The number of hydrogen-bond donors (Lipinski definition) is 1. The van der Waals surface area contributed by atoms with Crippen molar-refractivity contribution in [1.82, 2.24) is 14.8 Å². The van der Waals surface area contributed by atoms with Gasteiger partial charge in [-0.05, 0) is 36.2 Å². The smallest absolute Gasteiger partial charge is 0.234 e. The molecular formula is C21H24N4O3S. The fourth-order valence-electron chi connectivity index (χ4n) is 2.93. The lowest BCUT2D eigenvalue weighted by Gasteiger charge is -2.10. The van der Waals surface area contributed by atoms with Crippen LogP contribution < -0.4 is 14.8 Å². The Bertz CT molecular complexity index is 1000. The van der Waals surface area contributed by atoms with E-state index in [1.54, 1.807) is 14.2 Å². The lowest BCUT2D eigenvalue weighted by atomic mass is 10.1. The number of methoxy groups -OCH3 is 2. The van der Waals surface area contributed by atoms with Crippen LogP contribution >= 0.6 is 11.8 Å². The summed E-state index contributed by atoms with van der Waals surface area (Å²) in [6.07, 6.45) is 0.863. The molecule has 0 bridgehead atoms. The van der Waals surface area contributed by atoms with Crippen molar-refractivity contribution in [1.29, 1.82) is 0 Å². The van der Waals surface area contributed by atoms with Gasteiger partial charge in [-0.1, -0.05) is 36.9 Å². The first kappa shape index (κ1) is 20.7. The summed E-state index contributed by atoms with van der Waals surface area (Å²) < 4.78 is 12.5. The van der Waals surface area contributed by atoms with E-state index in [0.717, 1.165) is 23.2 Å². The molecule has 0 aliphatic carbocycles. The average Bonchev–Trinajstić information content (AvgIpc) is 3.12. The summed E-state index contributed by atoms with van der Waals surface area (Å²) >= 11 is 1.34. The Labute approximate surface area is 174 Å². The Hall–Kier alpha value is -3.00. The summed E-state index contributed by atoms with van der Waals surface area (Å²) in [6.45, 7) is 2.06. The summed E-state index contributed by atoms with van der Waals surface area (Å²) in [5.74, 6) is 2.13. The molecule has 0 unspecified atom stereocenters. The second-order valence-electron chi connectivity index (χ2n) is 6.28. The second kappa shape index (κ2) is 9.47. The molecule has 1 amide bonds. The lowest BCUT2D eigenvalue weighted by Crippen LogP contribution is -2.15. The van der Waals surface area contributed by atoms with Crippen molar-refractivity contribution in [2.45, 2.75) is 18.5 Å². The summed E-state index contributed by atoms with van der Waals surface area (Å²) in [4.78, 5) is 12.4. The molecule has 0 saturated heterocycles. The fraction of sp³-hybridized carbons (Fsp3) is 0.286. The highest BCUT2D eigenvalue weighted by Crippen LogP contribution is 2.32. The van der Waals surface area contributed by atoms with Gasteiger partial charge in [0.2, 0.25) is 5.91 Å². The van der Waals surface area contributed by atoms with Gasteiger partial charge in [-0.3, -0.25) is 4.79 Å². The number of anilines is 1. The van der Waals surface area contributed by atoms with Crippen LogP contribution in [-0.4, -0.2) is 40.6 Å². The number of para-hydroxylation sites is 1. The number of nitrogens with one attached hydrogen (secondary N) is 1. The highest BCUT2D eigenvalue weighted by atomic mass is 32.2. The monoisotopic (exact) mass is 412 g/mol. The molecule has 0 radical (unpaired) electrons. The van der Waals surface area contributed by atoms with Gasteiger partial charge in [0.1, 0.15) is 0 Å². The van der Waals surface area contributed by atoms with Crippen LogP contribution in [0.2, 0.25) is 0 Å². The number of carbonyl (C=O) groups is 1. The van der Waals surface area contributed by atoms with Crippen LogP contribution in [0.3, 0.4) is 0 Å². The zero-order chi connectivity index (χ0) is 20.8. The molecule has 3 aromatic rings. The van der Waals surface area contributed by atoms with Crippen molar-refractivity contribution in [3.63, 3.8) is 0 Å². The maximum Gasteiger partial charge on any atom is 0.234 e. The molecule has 0 saturated carbocycles. The predicted octanol–water partition coefficient (Wildman–Crippen LogP) is 3.79. The van der Waals surface area contributed by atoms with E-state index in [-0.39, 0.29) is 11.7 Å². The van der Waals surface area contributed by atoms with Crippen LogP contribution in [0.1, 0.15) is 12.5 Å². The largest absolute Gasteiger partial charge is 0.493 e. The third kappa shape index (κ3) is 4.71. The predicted molar refractivity (Wildman–Crippen MR) is 115 cm³/mol. The number of carbonyl (C=O) groups excluding carboxylic acids is 1. The number of ether oxygens (including phenoxy) is 2. The maximum atomic E-state index is 12.4. The molecule has 1 heterocycles. The second-order valence-corrected chi connectivity index (χ2v) is 7.23. The Morgan fingerprint density at radius 1 is 1.10 bits per heavy atom. The van der Waals surface area contributed by atoms with E-state index in [2.05, 4.69) is 22.4 Å². The molecule has 0 fully saturated rings. The van der Waals surface area contributed by atoms with E-state index < -0.39 is 0 Å². The van der Waals surface area contributed by atoms with E-state index in [1.807, 2.05) is 54.1 Å². The van der Waals surface area contributed by atoms with E-state index in [9.17, 15) is 4.79 Å². The van der Waals surface area contributed by atoms with Gasteiger partial charge in [-0.25, -0.2) is 0 Å². The summed E-state index contributed by atoms with van der Waals surface area (Å²) in [5.41, 5.74) is 2.82. The zero-order valence-electron chi connectivity index (χ0n) is 16.9. The molecule has 1 aromatic heterocycles. The number of amides is 1. The topological polar surface area (TPSA) is 78.3 Å². The standard InChI is InChI=1S/C21H24N4O3S/c1-5-14-8-6-7-9-16(14)22-19(26)13-29-21-24-23-20(25(21)2)15-10-11-17(27-3)18(12-15)28-4/h6-12H,5,13H2,1-4H3,(H,22,26). The van der Waals surface area contributed by atoms with Crippen molar-refractivity contribution in [2.75, 3.05) is 25.3 Å². The molecule has 8 heteroatoms. The Balaban J connectivity index is 1.69. The number of benzene rings is 2. The number of aryl methyl sites for hydroxylation is 1. The van der Waals surface area contributed by atoms with Gasteiger partial charge in [0, 0.05) is 18.3 Å². The molecule has 0 aliphatic heterocycles. The Morgan fingerprint density at radius 3 is 2.59 bits per heavy atom. The minimum atomic E-state index is -0.0773. The third-order valence-electron chi connectivity index (χ3n) is 4.48. The van der Waals surface area contributed by atoms with E-state index in [1.165, 1.54) is 11.8 Å². The first-order valence-corrected chi connectivity index (χ1v) is 10.2. The normalized spacial score (nSPS) is 10.6. The van der Waals surface area contributed by atoms with Crippen molar-refractivity contribution in [3.05, 3.63) is 48.0 Å². The zero-order valence-corrected chi connectivity index (χ0v) is 17.7. The number of rotatable bonds is 8. The van der Waals surface area contributed by atoms with Gasteiger partial charge in [0.25, 0.3) is 0 Å². The third-order valence-corrected chi connectivity index (χ3v) is 5.50. The minimum Gasteiger partial charge on any atom is -0.493 e. The number of thioether (sulfide) groups is 1. The first-order chi connectivity index (χ1) is 14.1. The minimum absolute atomic E-state index is 0.0773. The molecule has 3 rings (SSSR count). The maximum absolute atomic E-state index is 12.4. The molecule has 2 aromatic carbocycles. The molecule has 1 N–H and O–H groups in total. The van der Waals surface area contributed by atoms with E-state index in [0.29, 0.717) is 22.5 Å². The molecule has 0 aliphatic rings. The number of nitrogens with zero attached hydrogens (tertiary/aromatic N) is 3. The lowest BCUT2D eigenvalue weighted by molar-refractivity contribution is -0.113. The van der Waals surface area contributed by atoms with Crippen molar-refractivity contribution in [3.8, 4) is 22.9 Å². The van der Waals surface area contributed by atoms with E-state index >= 15 is 0 Å². The average molecular weight is 413 g/mol. The van der Waals surface area contributed by atoms with Gasteiger partial charge in [0.15, 0.2) is 22.5 Å². The van der Waals surface area contributed by atoms with Gasteiger partial charge < -0.3 is 19.4 Å². The summed E-state index contributed by atoms with van der Waals surface area (Å²) in [5, 5.41) is 12.1. The molecule has 152 valence electrons. The van der Waals surface area contributed by atoms with Crippen LogP contribution in [0.5, 0.6) is 11.5 Å². The highest BCUT2D eigenvalue weighted by Gasteiger charge is 2.15. The molecule has 7 nitrogen and oxygen atoms in total. The first-order valence-electron chi connectivity index (χ1n) is 9.19. The van der Waals surface area contributed by atoms with Gasteiger partial charge >= 0.3 is 0 Å². The fourth-order valence-corrected chi connectivity index (χ4v) is 3.65. The molecular weight excluding hydrogens is 388 g/mol. The van der Waals surface area contributed by atoms with Crippen LogP contribution in [0, 0.1) is 0 Å². The van der Waals surface area contributed by atoms with Gasteiger partial charge in [0.05, 0.1) is 20.0 Å². The number of hydrogen-bond acceptors (Lipinski definition) is 6. The van der Waals surface area contributed by atoms with Gasteiger partial charge in [-0.15, -0.1) is 10.2 Å². The van der Waals surface area contributed by atoms with Crippen molar-refractivity contribution < 1.29 is 14.3 Å². The molecule has 29 heavy (non-hydrogen) atoms. The Morgan fingerprint density at radius 2 is 1.86 bits per heavy atom. The number of aromatic nitrogens is 3. The highest BCUT2D eigenvalue weighted by molar-refractivity contribution is 7.99. The Kier molecular flexibility index (Phi) is 6.77. The quantitative estimate of drug-likeness (QED) is 0.567. The van der Waals surface area contributed by atoms with Gasteiger partial charge in [-0.2, -0.15) is 0 Å². The van der Waals surface area contributed by atoms with Crippen molar-refractivity contribution in [2.24, 2.45) is 7.05 Å². The van der Waals surface area contributed by atoms with E-state index in [4.69, 9.17) is 9.47 Å². The van der Waals surface area contributed by atoms with Crippen LogP contribution in [0.25, 0.3) is 11.4 Å². The van der Waals surface area contributed by atoms with Crippen LogP contribution in [0.15, 0.2) is 47.6 Å². The molecule has 0 spiro atoms. The van der Waals surface area contributed by atoms with Crippen LogP contribution in [-0.2, 0) is 18.3 Å². The van der Waals surface area contributed by atoms with Crippen molar-refractivity contribution >= 4 is 23.4 Å². The molecule has 0 atom stereocenters. The summed E-state index contributed by atoms with van der Waals surface area (Å²) in [7, 11) is 5.06.